The summed E-state index contributed by atoms with van der Waals surface area (Å²) < 4.78 is 29.2. The molecule has 0 saturated carbocycles. The normalized spacial score (nSPS) is 28.4. The molecule has 2 saturated heterocycles. The number of ether oxygens (including phenoxy) is 2. The lowest BCUT2D eigenvalue weighted by molar-refractivity contribution is 0.0805. The van der Waals surface area contributed by atoms with Gasteiger partial charge in [-0.1, -0.05) is 17.2 Å². The Balaban J connectivity index is 1.51. The van der Waals surface area contributed by atoms with Crippen LogP contribution in [0.5, 0.6) is 11.5 Å². The Hall–Kier alpha value is -1.74. The average Bonchev–Trinajstić information content (AvgIpc) is 3.34. The van der Waals surface area contributed by atoms with E-state index in [1.165, 1.54) is 0 Å². The van der Waals surface area contributed by atoms with Crippen molar-refractivity contribution in [3.63, 3.8) is 0 Å². The van der Waals surface area contributed by atoms with Gasteiger partial charge in [-0.05, 0) is 29.6 Å². The van der Waals surface area contributed by atoms with Crippen molar-refractivity contribution in [2.45, 2.75) is 37.1 Å². The van der Waals surface area contributed by atoms with E-state index < -0.39 is 18.3 Å². The van der Waals surface area contributed by atoms with Crippen molar-refractivity contribution in [1.82, 2.24) is 4.98 Å². The number of rotatable bonds is 3. The number of methoxy groups -OCH3 is 1. The molecule has 0 radical (unpaired) electrons. The first-order valence-electron chi connectivity index (χ1n) is 10.1. The Bertz CT molecular complexity index is 918. The van der Waals surface area contributed by atoms with Gasteiger partial charge in [0.2, 0.25) is 0 Å². The first-order valence-corrected chi connectivity index (χ1v) is 11.5. The summed E-state index contributed by atoms with van der Waals surface area (Å²) in [5.41, 5.74) is 4.05. The number of hydrogen-bond donors (Lipinski definition) is 1. The van der Waals surface area contributed by atoms with Crippen LogP contribution < -0.4 is 9.47 Å². The summed E-state index contributed by atoms with van der Waals surface area (Å²) in [6.45, 7) is 0.510. The minimum Gasteiger partial charge on any atom is -0.616 e. The molecule has 2 fully saturated rings. The highest BCUT2D eigenvalue weighted by atomic mass is 32.2. The molecule has 1 N–H and O–H groups in total. The second kappa shape index (κ2) is 7.50. The van der Waals surface area contributed by atoms with Crippen LogP contribution in [-0.2, 0) is 22.3 Å². The molecule has 1 spiro atoms. The van der Waals surface area contributed by atoms with Crippen molar-refractivity contribution in [2.75, 3.05) is 25.2 Å². The van der Waals surface area contributed by atoms with Gasteiger partial charge in [0.15, 0.2) is 11.5 Å². The highest BCUT2D eigenvalue weighted by Gasteiger charge is 2.46. The Morgan fingerprint density at radius 1 is 1.31 bits per heavy atom. The van der Waals surface area contributed by atoms with Gasteiger partial charge in [0.25, 0.3) is 0 Å². The molecule has 1 aromatic carbocycles. The van der Waals surface area contributed by atoms with E-state index in [9.17, 15) is 9.58 Å². The molecule has 0 unspecified atom stereocenters. The fraction of sp³-hybridized carbons (Fsp3) is 0.476. The third-order valence-corrected chi connectivity index (χ3v) is 7.67. The Morgan fingerprint density at radius 2 is 2.14 bits per heavy atom. The van der Waals surface area contributed by atoms with E-state index in [1.54, 1.807) is 7.11 Å². The quantitative estimate of drug-likeness (QED) is 0.615. The second-order valence-electron chi connectivity index (χ2n) is 8.16. The summed E-state index contributed by atoms with van der Waals surface area (Å²) >= 11 is -0.737. The van der Waals surface area contributed by atoms with E-state index in [0.29, 0.717) is 24.4 Å². The smallest absolute Gasteiger partial charge is 0.454 e. The summed E-state index contributed by atoms with van der Waals surface area (Å²) in [5, 5.41) is 9.70. The highest BCUT2D eigenvalue weighted by molar-refractivity contribution is 7.91. The number of aromatic nitrogens is 1. The van der Waals surface area contributed by atoms with Gasteiger partial charge in [0.05, 0.1) is 7.11 Å². The summed E-state index contributed by atoms with van der Waals surface area (Å²) in [6, 6.07) is 6.16. The van der Waals surface area contributed by atoms with E-state index >= 15 is 0 Å². The predicted octanol–water partition coefficient (Wildman–Crippen LogP) is 2.57. The van der Waals surface area contributed by atoms with Gasteiger partial charge in [-0.2, -0.15) is 0 Å². The maximum absolute atomic E-state index is 11.9. The standard InChI is InChI=1S/C21H24BNO5S/c1-26-19-3-2-17(15-8-14(11-23-12-15)16-10-22(24)27-13-16)18-9-21(28-20(18)19)4-6-29(25)7-5-21/h2-3,8,11-12,16,24H,4-7,9-10,13H2,1H3/t16-,21?,29?/m0/s1. The van der Waals surface area contributed by atoms with Gasteiger partial charge < -0.3 is 23.7 Å². The van der Waals surface area contributed by atoms with Gasteiger partial charge >= 0.3 is 7.12 Å². The number of nitrogens with zero attached hydrogens (tertiary/aromatic N) is 1. The van der Waals surface area contributed by atoms with E-state index in [-0.39, 0.29) is 11.5 Å². The molecule has 1 aromatic heterocycles. The van der Waals surface area contributed by atoms with Gasteiger partial charge in [0, 0.05) is 55.3 Å². The lowest BCUT2D eigenvalue weighted by Crippen LogP contribution is -2.43. The van der Waals surface area contributed by atoms with Crippen LogP contribution in [0.25, 0.3) is 11.1 Å². The molecule has 4 heterocycles. The summed E-state index contributed by atoms with van der Waals surface area (Å²) in [7, 11) is 0.964. The van der Waals surface area contributed by atoms with Crippen molar-refractivity contribution in [3.8, 4) is 22.6 Å². The molecule has 2 aromatic rings. The molecule has 3 aliphatic heterocycles. The fourth-order valence-corrected chi connectivity index (χ4v) is 6.08. The molecule has 0 aliphatic carbocycles. The Morgan fingerprint density at radius 3 is 2.86 bits per heavy atom. The molecular weight excluding hydrogens is 389 g/mol. The molecule has 152 valence electrons. The van der Waals surface area contributed by atoms with Crippen LogP contribution in [0.3, 0.4) is 0 Å². The Labute approximate surface area is 173 Å². The third-order valence-electron chi connectivity index (χ3n) is 6.35. The topological polar surface area (TPSA) is 83.9 Å². The van der Waals surface area contributed by atoms with Crippen LogP contribution in [0.1, 0.15) is 29.9 Å². The lowest BCUT2D eigenvalue weighted by atomic mass is 9.79. The van der Waals surface area contributed by atoms with Gasteiger partial charge in [-0.3, -0.25) is 4.98 Å². The van der Waals surface area contributed by atoms with Gasteiger partial charge in [0.1, 0.15) is 17.1 Å². The van der Waals surface area contributed by atoms with Crippen LogP contribution in [0, 0.1) is 0 Å². The maximum atomic E-state index is 11.9. The zero-order valence-corrected chi connectivity index (χ0v) is 17.2. The molecule has 3 aliphatic rings. The number of pyridine rings is 1. The summed E-state index contributed by atoms with van der Waals surface area (Å²) in [5.74, 6) is 3.07. The van der Waals surface area contributed by atoms with Crippen LogP contribution in [0.4, 0.5) is 0 Å². The molecule has 0 amide bonds. The summed E-state index contributed by atoms with van der Waals surface area (Å²) in [6.07, 6.45) is 6.71. The monoisotopic (exact) mass is 413 g/mol. The van der Waals surface area contributed by atoms with E-state index in [4.69, 9.17) is 14.1 Å². The molecule has 8 heteroatoms. The fourth-order valence-electron chi connectivity index (χ4n) is 4.67. The second-order valence-corrected chi connectivity index (χ2v) is 9.86. The number of hydrogen-bond acceptors (Lipinski definition) is 6. The first kappa shape index (κ1) is 19.2. The van der Waals surface area contributed by atoms with Gasteiger partial charge in [-0.25, -0.2) is 0 Å². The molecule has 6 nitrogen and oxygen atoms in total. The van der Waals surface area contributed by atoms with E-state index in [1.807, 2.05) is 18.5 Å². The van der Waals surface area contributed by atoms with Gasteiger partial charge in [-0.15, -0.1) is 0 Å². The van der Waals surface area contributed by atoms with Crippen molar-refractivity contribution < 1.29 is 23.7 Å². The van der Waals surface area contributed by atoms with Crippen molar-refractivity contribution >= 4 is 18.3 Å². The van der Waals surface area contributed by atoms with Crippen molar-refractivity contribution in [2.24, 2.45) is 0 Å². The minimum atomic E-state index is -0.737. The van der Waals surface area contributed by atoms with Crippen LogP contribution in [0.2, 0.25) is 6.32 Å². The predicted molar refractivity (Wildman–Crippen MR) is 112 cm³/mol. The molecule has 29 heavy (non-hydrogen) atoms. The SMILES string of the molecule is COc1ccc(-c2cncc([C@@H]3COB(O)C3)c2)c2c1OC1(CC[S+]([O-])CC1)C2. The van der Waals surface area contributed by atoms with E-state index in [0.717, 1.165) is 53.0 Å². The molecule has 0 bridgehead atoms. The average molecular weight is 413 g/mol. The number of benzene rings is 1. The van der Waals surface area contributed by atoms with Crippen molar-refractivity contribution in [3.05, 3.63) is 41.7 Å². The number of fused-ring (bicyclic) bond motifs is 1. The minimum absolute atomic E-state index is 0.152. The lowest BCUT2D eigenvalue weighted by Gasteiger charge is -2.33. The first-order chi connectivity index (χ1) is 14.1. The Kier molecular flexibility index (Phi) is 4.98. The van der Waals surface area contributed by atoms with Crippen molar-refractivity contribution in [1.29, 1.82) is 0 Å². The zero-order chi connectivity index (χ0) is 20.0. The van der Waals surface area contributed by atoms with E-state index in [2.05, 4.69) is 17.1 Å². The molecule has 5 rings (SSSR count). The maximum Gasteiger partial charge on any atom is 0.454 e. The van der Waals surface area contributed by atoms with Crippen LogP contribution >= 0.6 is 0 Å². The molecular formula is C21H24BNO5S. The highest BCUT2D eigenvalue weighted by Crippen LogP contribution is 2.50. The summed E-state index contributed by atoms with van der Waals surface area (Å²) in [4.78, 5) is 4.46. The molecule has 1 atom stereocenters. The largest absolute Gasteiger partial charge is 0.616 e. The third kappa shape index (κ3) is 3.52. The van der Waals surface area contributed by atoms with Crippen LogP contribution in [-0.4, -0.2) is 52.5 Å². The van der Waals surface area contributed by atoms with Crippen LogP contribution in [0.15, 0.2) is 30.6 Å². The zero-order valence-electron chi connectivity index (χ0n) is 16.4.